The highest BCUT2D eigenvalue weighted by molar-refractivity contribution is 5.66. The Hall–Kier alpha value is -1.36. The number of hydrogen-bond acceptors (Lipinski definition) is 3. The van der Waals surface area contributed by atoms with E-state index in [-0.39, 0.29) is 11.4 Å². The summed E-state index contributed by atoms with van der Waals surface area (Å²) < 4.78 is 26.3. The fourth-order valence-electron chi connectivity index (χ4n) is 1.28. The minimum absolute atomic E-state index is 0.0458. The maximum atomic E-state index is 13.3. The molecule has 16 heavy (non-hydrogen) atoms. The van der Waals surface area contributed by atoms with Crippen molar-refractivity contribution in [1.82, 2.24) is 4.90 Å². The lowest BCUT2D eigenvalue weighted by Gasteiger charge is -2.16. The van der Waals surface area contributed by atoms with E-state index in [2.05, 4.69) is 10.2 Å². The fraction of sp³-hybridized carbons (Fsp3) is 0.455. The smallest absolute Gasteiger partial charge is 0.183 e. The predicted molar refractivity (Wildman–Crippen MR) is 62.4 cm³/mol. The Bertz CT molecular complexity index is 355. The summed E-state index contributed by atoms with van der Waals surface area (Å²) in [6.07, 6.45) is 0. The zero-order valence-electron chi connectivity index (χ0n) is 9.56. The van der Waals surface area contributed by atoms with Gasteiger partial charge in [0.05, 0.1) is 11.4 Å². The molecule has 0 aliphatic rings. The van der Waals surface area contributed by atoms with E-state index in [0.717, 1.165) is 19.2 Å². The zero-order chi connectivity index (χ0) is 12.1. The third kappa shape index (κ3) is 3.06. The Morgan fingerprint density at radius 1 is 1.38 bits per heavy atom. The summed E-state index contributed by atoms with van der Waals surface area (Å²) in [6, 6.07) is 2.37. The Balaban J connectivity index is 2.63. The monoisotopic (exact) mass is 229 g/mol. The van der Waals surface area contributed by atoms with Gasteiger partial charge >= 0.3 is 0 Å². The first-order chi connectivity index (χ1) is 7.56. The molecule has 0 aliphatic heterocycles. The van der Waals surface area contributed by atoms with E-state index in [1.54, 1.807) is 0 Å². The summed E-state index contributed by atoms with van der Waals surface area (Å²) in [7, 11) is 1.95. The van der Waals surface area contributed by atoms with Crippen LogP contribution in [0.1, 0.15) is 6.92 Å². The summed E-state index contributed by atoms with van der Waals surface area (Å²) in [6.45, 7) is 4.20. The van der Waals surface area contributed by atoms with E-state index in [0.29, 0.717) is 6.54 Å². The van der Waals surface area contributed by atoms with Crippen molar-refractivity contribution in [1.29, 1.82) is 0 Å². The minimum atomic E-state index is -0.917. The Morgan fingerprint density at radius 3 is 2.69 bits per heavy atom. The Labute approximate surface area is 94.2 Å². The van der Waals surface area contributed by atoms with E-state index in [9.17, 15) is 8.78 Å². The standard InChI is InChI=1S/C11H17F2N3/c1-3-16(2)7-6-15-11-9(14)5-4-8(12)10(11)13/h4-5,15H,3,6-7,14H2,1-2H3. The van der Waals surface area contributed by atoms with Crippen LogP contribution in [0.3, 0.4) is 0 Å². The average Bonchev–Trinajstić information content (AvgIpc) is 2.28. The number of benzene rings is 1. The maximum absolute atomic E-state index is 13.3. The quantitative estimate of drug-likeness (QED) is 0.758. The number of halogens is 2. The highest BCUT2D eigenvalue weighted by Crippen LogP contribution is 2.24. The average molecular weight is 229 g/mol. The summed E-state index contributed by atoms with van der Waals surface area (Å²) in [5.74, 6) is -1.81. The van der Waals surface area contributed by atoms with Crippen molar-refractivity contribution in [2.45, 2.75) is 6.92 Å². The summed E-state index contributed by atoms with van der Waals surface area (Å²) in [5.41, 5.74) is 5.82. The van der Waals surface area contributed by atoms with Gasteiger partial charge in [-0.15, -0.1) is 0 Å². The second kappa shape index (κ2) is 5.65. The number of anilines is 2. The number of likely N-dealkylation sites (N-methyl/N-ethyl adjacent to an activating group) is 1. The molecule has 0 unspecified atom stereocenters. The molecule has 1 aromatic rings. The second-order valence-electron chi connectivity index (χ2n) is 3.65. The van der Waals surface area contributed by atoms with Gasteiger partial charge in [0.1, 0.15) is 0 Å². The molecule has 0 amide bonds. The molecule has 0 radical (unpaired) electrons. The topological polar surface area (TPSA) is 41.3 Å². The van der Waals surface area contributed by atoms with Crippen LogP contribution >= 0.6 is 0 Å². The van der Waals surface area contributed by atoms with Gasteiger partial charge in [0.25, 0.3) is 0 Å². The molecule has 0 fully saturated rings. The molecule has 0 spiro atoms. The molecule has 0 bridgehead atoms. The van der Waals surface area contributed by atoms with Gasteiger partial charge in [0, 0.05) is 13.1 Å². The SMILES string of the molecule is CCN(C)CCNc1c(N)ccc(F)c1F. The minimum Gasteiger partial charge on any atom is -0.397 e. The number of nitrogens with two attached hydrogens (primary N) is 1. The lowest BCUT2D eigenvalue weighted by atomic mass is 10.2. The van der Waals surface area contributed by atoms with Gasteiger partial charge in [-0.05, 0) is 25.7 Å². The van der Waals surface area contributed by atoms with Crippen LogP contribution in [-0.4, -0.2) is 31.6 Å². The molecular formula is C11H17F2N3. The van der Waals surface area contributed by atoms with Crippen molar-refractivity contribution in [3.8, 4) is 0 Å². The van der Waals surface area contributed by atoms with Crippen molar-refractivity contribution < 1.29 is 8.78 Å². The molecule has 0 saturated heterocycles. The fourth-order valence-corrected chi connectivity index (χ4v) is 1.28. The van der Waals surface area contributed by atoms with Crippen LogP contribution in [0.25, 0.3) is 0 Å². The normalized spacial score (nSPS) is 10.8. The summed E-state index contributed by atoms with van der Waals surface area (Å²) >= 11 is 0. The molecule has 0 aromatic heterocycles. The highest BCUT2D eigenvalue weighted by atomic mass is 19.2. The second-order valence-corrected chi connectivity index (χ2v) is 3.65. The molecule has 90 valence electrons. The first-order valence-electron chi connectivity index (χ1n) is 5.22. The van der Waals surface area contributed by atoms with Gasteiger partial charge in [0.2, 0.25) is 0 Å². The van der Waals surface area contributed by atoms with Crippen LogP contribution in [0.2, 0.25) is 0 Å². The number of nitrogens with one attached hydrogen (secondary N) is 1. The Kier molecular flexibility index (Phi) is 4.49. The van der Waals surface area contributed by atoms with Crippen LogP contribution in [-0.2, 0) is 0 Å². The first kappa shape index (κ1) is 12.7. The van der Waals surface area contributed by atoms with Crippen LogP contribution in [0.5, 0.6) is 0 Å². The van der Waals surface area contributed by atoms with Crippen LogP contribution in [0.15, 0.2) is 12.1 Å². The maximum Gasteiger partial charge on any atom is 0.183 e. The van der Waals surface area contributed by atoms with Crippen molar-refractivity contribution in [2.24, 2.45) is 0 Å². The molecule has 5 heteroatoms. The number of rotatable bonds is 5. The zero-order valence-corrected chi connectivity index (χ0v) is 9.56. The summed E-state index contributed by atoms with van der Waals surface area (Å²) in [4.78, 5) is 2.06. The van der Waals surface area contributed by atoms with E-state index < -0.39 is 11.6 Å². The van der Waals surface area contributed by atoms with E-state index in [4.69, 9.17) is 5.73 Å². The van der Waals surface area contributed by atoms with Gasteiger partial charge in [-0.25, -0.2) is 8.78 Å². The Morgan fingerprint density at radius 2 is 2.06 bits per heavy atom. The molecule has 0 aliphatic carbocycles. The van der Waals surface area contributed by atoms with Crippen molar-refractivity contribution in [3.05, 3.63) is 23.8 Å². The molecule has 0 saturated carbocycles. The lowest BCUT2D eigenvalue weighted by molar-refractivity contribution is 0.367. The molecular weight excluding hydrogens is 212 g/mol. The summed E-state index contributed by atoms with van der Waals surface area (Å²) in [5, 5.41) is 2.81. The van der Waals surface area contributed by atoms with Crippen LogP contribution < -0.4 is 11.1 Å². The van der Waals surface area contributed by atoms with Gasteiger partial charge in [-0.2, -0.15) is 0 Å². The highest BCUT2D eigenvalue weighted by Gasteiger charge is 2.11. The molecule has 3 nitrogen and oxygen atoms in total. The van der Waals surface area contributed by atoms with E-state index in [1.165, 1.54) is 6.07 Å². The van der Waals surface area contributed by atoms with Crippen molar-refractivity contribution >= 4 is 11.4 Å². The molecule has 0 atom stereocenters. The first-order valence-corrected chi connectivity index (χ1v) is 5.22. The number of nitrogens with zero attached hydrogens (tertiary/aromatic N) is 1. The van der Waals surface area contributed by atoms with Crippen LogP contribution in [0, 0.1) is 11.6 Å². The molecule has 3 N–H and O–H groups in total. The van der Waals surface area contributed by atoms with E-state index >= 15 is 0 Å². The number of nitrogen functional groups attached to an aromatic ring is 1. The molecule has 0 heterocycles. The molecule has 1 rings (SSSR count). The van der Waals surface area contributed by atoms with Gasteiger partial charge in [-0.3, -0.25) is 0 Å². The predicted octanol–water partition coefficient (Wildman–Crippen LogP) is 1.91. The third-order valence-electron chi connectivity index (χ3n) is 2.46. The third-order valence-corrected chi connectivity index (χ3v) is 2.46. The van der Waals surface area contributed by atoms with Gasteiger partial charge in [-0.1, -0.05) is 6.92 Å². The van der Waals surface area contributed by atoms with Crippen LogP contribution in [0.4, 0.5) is 20.2 Å². The number of hydrogen-bond donors (Lipinski definition) is 2. The lowest BCUT2D eigenvalue weighted by Crippen LogP contribution is -2.25. The van der Waals surface area contributed by atoms with E-state index in [1.807, 2.05) is 14.0 Å². The van der Waals surface area contributed by atoms with Crippen molar-refractivity contribution in [3.63, 3.8) is 0 Å². The largest absolute Gasteiger partial charge is 0.397 e. The van der Waals surface area contributed by atoms with Crippen molar-refractivity contribution in [2.75, 3.05) is 37.7 Å². The van der Waals surface area contributed by atoms with Gasteiger partial charge in [0.15, 0.2) is 11.6 Å². The molecule has 1 aromatic carbocycles. The van der Waals surface area contributed by atoms with Gasteiger partial charge < -0.3 is 16.0 Å².